The number of amides is 1. The molecule has 1 atom stereocenters. The van der Waals surface area contributed by atoms with Crippen LogP contribution in [0.25, 0.3) is 11.1 Å². The van der Waals surface area contributed by atoms with E-state index >= 15 is 0 Å². The summed E-state index contributed by atoms with van der Waals surface area (Å²) in [4.78, 5) is 21.6. The lowest BCUT2D eigenvalue weighted by Crippen LogP contribution is -2.59. The van der Waals surface area contributed by atoms with Crippen molar-refractivity contribution in [2.75, 3.05) is 19.6 Å². The van der Waals surface area contributed by atoms with Crippen LogP contribution in [0.2, 0.25) is 0 Å². The number of pyridine rings is 1. The molecule has 0 spiro atoms. The van der Waals surface area contributed by atoms with E-state index in [-0.39, 0.29) is 24.9 Å². The van der Waals surface area contributed by atoms with Crippen molar-refractivity contribution in [3.8, 4) is 11.1 Å². The van der Waals surface area contributed by atoms with Crippen LogP contribution in [0.3, 0.4) is 0 Å². The van der Waals surface area contributed by atoms with E-state index in [9.17, 15) is 31.1 Å². The number of rotatable bonds is 8. The fraction of sp³-hybridized carbons (Fsp3) is 0.419. The van der Waals surface area contributed by atoms with Gasteiger partial charge in [0.25, 0.3) is 0 Å². The molecule has 42 heavy (non-hydrogen) atoms. The number of nitrogens with one attached hydrogen (secondary N) is 1. The molecule has 0 bridgehead atoms. The summed E-state index contributed by atoms with van der Waals surface area (Å²) in [6, 6.07) is 15.1. The first kappa shape index (κ1) is 31.5. The van der Waals surface area contributed by atoms with Gasteiger partial charge in [0.1, 0.15) is 6.04 Å². The van der Waals surface area contributed by atoms with Gasteiger partial charge in [-0.2, -0.15) is 26.3 Å². The number of aromatic nitrogens is 1. The zero-order valence-corrected chi connectivity index (χ0v) is 23.6. The van der Waals surface area contributed by atoms with Crippen LogP contribution in [0.5, 0.6) is 0 Å². The molecule has 5 nitrogen and oxygen atoms in total. The van der Waals surface area contributed by atoms with Crippen LogP contribution in [0.4, 0.5) is 26.3 Å². The normalized spacial score (nSPS) is 17.4. The highest BCUT2D eigenvalue weighted by molar-refractivity contribution is 5.82. The third kappa shape index (κ3) is 6.95. The van der Waals surface area contributed by atoms with Gasteiger partial charge in [0.2, 0.25) is 5.91 Å². The molecule has 0 radical (unpaired) electrons. The number of hydrogen-bond acceptors (Lipinski definition) is 4. The lowest BCUT2D eigenvalue weighted by atomic mass is 9.80. The molecule has 1 aliphatic rings. The lowest BCUT2D eigenvalue weighted by Gasteiger charge is -2.41. The first-order chi connectivity index (χ1) is 19.7. The third-order valence-corrected chi connectivity index (χ3v) is 7.73. The summed E-state index contributed by atoms with van der Waals surface area (Å²) >= 11 is 0. The highest BCUT2D eigenvalue weighted by Gasteiger charge is 2.68. The van der Waals surface area contributed by atoms with E-state index in [1.165, 1.54) is 12.1 Å². The molecule has 1 N–H and O–H groups in total. The van der Waals surface area contributed by atoms with Crippen LogP contribution in [-0.2, 0) is 23.3 Å². The lowest BCUT2D eigenvalue weighted by molar-refractivity contribution is -0.297. The van der Waals surface area contributed by atoms with Gasteiger partial charge in [-0.1, -0.05) is 48.5 Å². The molecular formula is C31H34F6N4O. The van der Waals surface area contributed by atoms with Gasteiger partial charge in [-0.15, -0.1) is 0 Å². The van der Waals surface area contributed by atoms with Gasteiger partial charge in [-0.05, 0) is 60.7 Å². The zero-order valence-electron chi connectivity index (χ0n) is 23.6. The molecule has 1 aliphatic heterocycles. The maximum Gasteiger partial charge on any atom is 0.406 e. The zero-order chi connectivity index (χ0) is 30.7. The third-order valence-electron chi connectivity index (χ3n) is 7.73. The summed E-state index contributed by atoms with van der Waals surface area (Å²) in [5.74, 6) is -0.0501. The van der Waals surface area contributed by atoms with Crippen LogP contribution >= 0.6 is 0 Å². The first-order valence-electron chi connectivity index (χ1n) is 13.7. The van der Waals surface area contributed by atoms with Gasteiger partial charge in [-0.3, -0.25) is 19.6 Å². The highest BCUT2D eigenvalue weighted by atomic mass is 19.4. The Morgan fingerprint density at radius 2 is 1.36 bits per heavy atom. The summed E-state index contributed by atoms with van der Waals surface area (Å²) in [6.45, 7) is 7.20. The molecule has 2 aromatic carbocycles. The Morgan fingerprint density at radius 1 is 0.833 bits per heavy atom. The molecule has 4 rings (SSSR count). The topological polar surface area (TPSA) is 48.5 Å². The largest absolute Gasteiger partial charge is 0.406 e. The molecule has 1 unspecified atom stereocenters. The molecule has 1 amide bonds. The molecule has 11 heteroatoms. The number of carbonyl (C=O) groups is 1. The first-order valence-corrected chi connectivity index (χ1v) is 13.7. The quantitative estimate of drug-likeness (QED) is 0.310. The van der Waals surface area contributed by atoms with E-state index in [1.807, 2.05) is 38.1 Å². The van der Waals surface area contributed by atoms with Crippen molar-refractivity contribution in [3.05, 3.63) is 89.7 Å². The van der Waals surface area contributed by atoms with Crippen molar-refractivity contribution in [3.63, 3.8) is 0 Å². The monoisotopic (exact) mass is 592 g/mol. The number of alkyl halides is 6. The van der Waals surface area contributed by atoms with Gasteiger partial charge in [-0.25, -0.2) is 0 Å². The second-order valence-corrected chi connectivity index (χ2v) is 11.1. The molecule has 3 aromatic rings. The van der Waals surface area contributed by atoms with E-state index in [2.05, 4.69) is 20.1 Å². The number of carbonyl (C=O) groups excluding carboxylic acids is 1. The standard InChI is InChI=1S/C31H34F6N4O/c1-21(2)39-28(42)27-20-40(18-23-12-14-38-15-13-23)16-17-41(27)19-22-4-6-24(7-5-22)25-8-10-26(11-9-25)29(3,30(32,33)34)31(35,36)37/h4-15,21,27H,16-20H2,1-3H3,(H,39,42). The van der Waals surface area contributed by atoms with Gasteiger partial charge < -0.3 is 5.32 Å². The molecule has 2 heterocycles. The Bertz CT molecular complexity index is 1310. The van der Waals surface area contributed by atoms with Crippen LogP contribution in [0, 0.1) is 0 Å². The Kier molecular flexibility index (Phi) is 9.32. The Balaban J connectivity index is 1.48. The highest BCUT2D eigenvalue weighted by Crippen LogP contribution is 2.51. The maximum atomic E-state index is 13.5. The van der Waals surface area contributed by atoms with Crippen molar-refractivity contribution in [1.29, 1.82) is 0 Å². The molecule has 0 saturated carbocycles. The average molecular weight is 593 g/mol. The fourth-order valence-electron chi connectivity index (χ4n) is 5.11. The van der Waals surface area contributed by atoms with Crippen LogP contribution in [-0.4, -0.2) is 64.8 Å². The molecule has 1 aromatic heterocycles. The Morgan fingerprint density at radius 3 is 1.88 bits per heavy atom. The number of nitrogens with zero attached hydrogens (tertiary/aromatic N) is 3. The van der Waals surface area contributed by atoms with E-state index in [4.69, 9.17) is 0 Å². The average Bonchev–Trinajstić information content (AvgIpc) is 2.93. The van der Waals surface area contributed by atoms with Crippen molar-refractivity contribution >= 4 is 5.91 Å². The van der Waals surface area contributed by atoms with E-state index in [1.54, 1.807) is 24.5 Å². The summed E-state index contributed by atoms with van der Waals surface area (Å²) in [7, 11) is 0. The van der Waals surface area contributed by atoms with Crippen molar-refractivity contribution in [2.45, 2.75) is 63.7 Å². The summed E-state index contributed by atoms with van der Waals surface area (Å²) < 4.78 is 80.7. The van der Waals surface area contributed by atoms with Crippen molar-refractivity contribution < 1.29 is 31.1 Å². The van der Waals surface area contributed by atoms with Gasteiger partial charge in [0, 0.05) is 51.2 Å². The number of halogens is 6. The Labute approximate surface area is 241 Å². The SMILES string of the molecule is CC(C)NC(=O)C1CN(Cc2ccncc2)CCN1Cc1ccc(-c2ccc(C(C)(C(F)(F)F)C(F)(F)F)cc2)cc1. The van der Waals surface area contributed by atoms with Crippen molar-refractivity contribution in [2.24, 2.45) is 0 Å². The van der Waals surface area contributed by atoms with Gasteiger partial charge >= 0.3 is 12.4 Å². The van der Waals surface area contributed by atoms with Crippen molar-refractivity contribution in [1.82, 2.24) is 20.1 Å². The summed E-state index contributed by atoms with van der Waals surface area (Å²) in [5, 5.41) is 3.02. The molecule has 226 valence electrons. The van der Waals surface area contributed by atoms with Crippen LogP contribution in [0.1, 0.15) is 37.5 Å². The second kappa shape index (κ2) is 12.4. The second-order valence-electron chi connectivity index (χ2n) is 11.1. The predicted octanol–water partition coefficient (Wildman–Crippen LogP) is 6.34. The number of piperazine rings is 1. The summed E-state index contributed by atoms with van der Waals surface area (Å²) in [6.07, 6.45) is -7.51. The molecule has 0 aliphatic carbocycles. The number of hydrogen-bond donors (Lipinski definition) is 1. The predicted molar refractivity (Wildman–Crippen MR) is 148 cm³/mol. The van der Waals surface area contributed by atoms with E-state index in [0.717, 1.165) is 29.8 Å². The van der Waals surface area contributed by atoms with E-state index in [0.29, 0.717) is 37.3 Å². The molecular weight excluding hydrogens is 558 g/mol. The summed E-state index contributed by atoms with van der Waals surface area (Å²) in [5.41, 5.74) is -1.63. The number of benzene rings is 2. The van der Waals surface area contributed by atoms with Gasteiger partial charge in [0.15, 0.2) is 5.41 Å². The Hall–Kier alpha value is -3.44. The van der Waals surface area contributed by atoms with Gasteiger partial charge in [0.05, 0.1) is 0 Å². The van der Waals surface area contributed by atoms with E-state index < -0.39 is 23.3 Å². The molecule has 1 saturated heterocycles. The minimum Gasteiger partial charge on any atom is -0.353 e. The van der Waals surface area contributed by atoms with Crippen LogP contribution < -0.4 is 5.32 Å². The minimum absolute atomic E-state index is 0.00859. The molecule has 1 fully saturated rings. The fourth-order valence-corrected chi connectivity index (χ4v) is 5.11. The van der Waals surface area contributed by atoms with Crippen LogP contribution in [0.15, 0.2) is 73.1 Å². The maximum absolute atomic E-state index is 13.5. The minimum atomic E-state index is -5.50. The smallest absolute Gasteiger partial charge is 0.353 e.